The van der Waals surface area contributed by atoms with Crippen LogP contribution in [-0.4, -0.2) is 55.1 Å². The lowest BCUT2D eigenvalue weighted by atomic mass is 10.0. The molecule has 4 aromatic rings. The average molecular weight is 505 g/mol. The van der Waals surface area contributed by atoms with Crippen LogP contribution in [0.1, 0.15) is 35.0 Å². The Balaban J connectivity index is 1.48. The smallest absolute Gasteiger partial charge is 0.239 e. The number of fused-ring (bicyclic) bond motifs is 1. The lowest BCUT2D eigenvalue weighted by molar-refractivity contribution is -0.128. The number of aromatic nitrogens is 4. The summed E-state index contributed by atoms with van der Waals surface area (Å²) in [5, 5.41) is 27.5. The molecule has 1 aliphatic rings. The van der Waals surface area contributed by atoms with E-state index < -0.39 is 23.8 Å². The third-order valence-electron chi connectivity index (χ3n) is 6.39. The third kappa shape index (κ3) is 4.35. The Hall–Kier alpha value is -4.47. The van der Waals surface area contributed by atoms with Crippen molar-refractivity contribution in [2.75, 3.05) is 19.3 Å². The fourth-order valence-corrected chi connectivity index (χ4v) is 4.41. The molecule has 1 aliphatic heterocycles. The molecular formula is C25H22F2N8O2. The molecule has 4 N–H and O–H groups in total. The number of aliphatic hydroxyl groups excluding tert-OH is 1. The van der Waals surface area contributed by atoms with Crippen LogP contribution in [0.4, 0.5) is 14.7 Å². The zero-order chi connectivity index (χ0) is 26.3. The van der Waals surface area contributed by atoms with Gasteiger partial charge >= 0.3 is 0 Å². The molecule has 1 fully saturated rings. The average Bonchev–Trinajstić information content (AvgIpc) is 3.46. The molecule has 12 heteroatoms. The minimum Gasteiger partial charge on any atom is -0.380 e. The summed E-state index contributed by atoms with van der Waals surface area (Å²) in [5.74, 6) is -1.74. The van der Waals surface area contributed by atoms with E-state index in [0.717, 1.165) is 4.52 Å². The van der Waals surface area contributed by atoms with Gasteiger partial charge in [-0.2, -0.15) is 9.78 Å². The molecule has 0 saturated carbocycles. The summed E-state index contributed by atoms with van der Waals surface area (Å²) in [6.45, 7) is 0.770. The zero-order valence-corrected chi connectivity index (χ0v) is 19.7. The molecule has 188 valence electrons. The van der Waals surface area contributed by atoms with Gasteiger partial charge in [0.15, 0.2) is 11.5 Å². The maximum absolute atomic E-state index is 14.9. The number of benzene rings is 2. The monoisotopic (exact) mass is 504 g/mol. The zero-order valence-electron chi connectivity index (χ0n) is 19.7. The molecule has 37 heavy (non-hydrogen) atoms. The number of nitriles is 1. The first-order valence-electron chi connectivity index (χ1n) is 11.4. The van der Waals surface area contributed by atoms with Crippen LogP contribution in [0.3, 0.4) is 0 Å². The van der Waals surface area contributed by atoms with Gasteiger partial charge in [-0.05, 0) is 30.2 Å². The van der Waals surface area contributed by atoms with Gasteiger partial charge in [0.05, 0.1) is 17.3 Å². The minimum atomic E-state index is -1.55. The van der Waals surface area contributed by atoms with Gasteiger partial charge in [0.25, 0.3) is 0 Å². The highest BCUT2D eigenvalue weighted by atomic mass is 19.1. The van der Waals surface area contributed by atoms with E-state index in [2.05, 4.69) is 20.4 Å². The Morgan fingerprint density at radius 3 is 2.78 bits per heavy atom. The van der Waals surface area contributed by atoms with E-state index in [1.54, 1.807) is 24.1 Å². The van der Waals surface area contributed by atoms with Crippen molar-refractivity contribution in [2.45, 2.75) is 25.1 Å². The number of rotatable bonds is 6. The Morgan fingerprint density at radius 2 is 2.05 bits per heavy atom. The molecule has 1 amide bonds. The predicted octanol–water partition coefficient (Wildman–Crippen LogP) is 1.93. The number of likely N-dealkylation sites (tertiary alicyclic amines) is 1. The summed E-state index contributed by atoms with van der Waals surface area (Å²) in [4.78, 5) is 22.3. The van der Waals surface area contributed by atoms with Gasteiger partial charge < -0.3 is 21.1 Å². The van der Waals surface area contributed by atoms with Crippen molar-refractivity contribution >= 4 is 17.5 Å². The van der Waals surface area contributed by atoms with Crippen LogP contribution in [0.25, 0.3) is 16.9 Å². The van der Waals surface area contributed by atoms with Crippen LogP contribution in [0.5, 0.6) is 0 Å². The van der Waals surface area contributed by atoms with E-state index in [9.17, 15) is 18.7 Å². The molecule has 0 aliphatic carbocycles. The van der Waals surface area contributed by atoms with Gasteiger partial charge in [0.2, 0.25) is 11.9 Å². The highest BCUT2D eigenvalue weighted by Gasteiger charge is 2.30. The summed E-state index contributed by atoms with van der Waals surface area (Å²) in [7, 11) is 1.72. The van der Waals surface area contributed by atoms with Crippen molar-refractivity contribution in [1.82, 2.24) is 29.8 Å². The van der Waals surface area contributed by atoms with Crippen molar-refractivity contribution in [3.05, 3.63) is 76.6 Å². The number of likely N-dealkylation sites (N-methyl/N-ethyl adjacent to an activating group) is 1. The second-order valence-electron chi connectivity index (χ2n) is 8.72. The number of nitrogens with two attached hydrogens (primary N) is 1. The van der Waals surface area contributed by atoms with Gasteiger partial charge in [-0.25, -0.2) is 18.7 Å². The first kappa shape index (κ1) is 24.2. The largest absolute Gasteiger partial charge is 0.380 e. The Morgan fingerprint density at radius 1 is 1.27 bits per heavy atom. The van der Waals surface area contributed by atoms with Crippen LogP contribution in [0.15, 0.2) is 42.5 Å². The Labute approximate surface area is 210 Å². The number of nitrogens with one attached hydrogen (secondary N) is 1. The number of halogens is 2. The van der Waals surface area contributed by atoms with E-state index in [0.29, 0.717) is 18.5 Å². The number of anilines is 1. The fraction of sp³-hybridized carbons (Fsp3) is 0.240. The summed E-state index contributed by atoms with van der Waals surface area (Å²) in [5.41, 5.74) is 6.60. The van der Waals surface area contributed by atoms with Crippen molar-refractivity contribution in [2.24, 2.45) is 0 Å². The second-order valence-corrected chi connectivity index (χ2v) is 8.72. The SMILES string of the molecule is CN1CCC(NCc2cccc(F)c2C(O)c2nc3cc(-c4cccc(C#N)c4F)nc(N)n3n2)C1=O. The predicted molar refractivity (Wildman–Crippen MR) is 129 cm³/mol. The number of amides is 1. The number of hydrogen-bond acceptors (Lipinski definition) is 8. The molecule has 0 bridgehead atoms. The topological polar surface area (TPSA) is 145 Å². The van der Waals surface area contributed by atoms with Crippen molar-refractivity contribution in [3.8, 4) is 17.3 Å². The van der Waals surface area contributed by atoms with Crippen molar-refractivity contribution < 1.29 is 18.7 Å². The Kier molecular flexibility index (Phi) is 6.24. The summed E-state index contributed by atoms with van der Waals surface area (Å²) >= 11 is 0. The lowest BCUT2D eigenvalue weighted by Crippen LogP contribution is -2.36. The molecule has 0 spiro atoms. The molecule has 2 atom stereocenters. The number of carbonyl (C=O) groups is 1. The standard InChI is InChI=1S/C25H22F2N8O2/c1-34-9-8-17(24(34)37)30-12-14-5-3-7-16(26)20(14)22(36)23-32-19-10-18(31-25(29)35(19)33-23)15-6-2-4-13(11-28)21(15)27/h2-7,10,17,22,30,36H,8-9,12H2,1H3,(H2,29,31). The van der Waals surface area contributed by atoms with Crippen molar-refractivity contribution in [1.29, 1.82) is 5.26 Å². The molecule has 2 aromatic carbocycles. The second kappa shape index (κ2) is 9.53. The van der Waals surface area contributed by atoms with Gasteiger partial charge in [-0.1, -0.05) is 18.2 Å². The first-order valence-corrected chi connectivity index (χ1v) is 11.4. The van der Waals surface area contributed by atoms with E-state index in [4.69, 9.17) is 11.0 Å². The lowest BCUT2D eigenvalue weighted by Gasteiger charge is -2.17. The highest BCUT2D eigenvalue weighted by molar-refractivity contribution is 5.83. The quantitative estimate of drug-likeness (QED) is 0.361. The Bertz CT molecular complexity index is 1560. The normalized spacial score (nSPS) is 16.4. The van der Waals surface area contributed by atoms with Gasteiger partial charge in [-0.15, -0.1) is 5.10 Å². The molecule has 2 unspecified atom stereocenters. The minimum absolute atomic E-state index is 0.0378. The number of hydrogen-bond donors (Lipinski definition) is 3. The maximum Gasteiger partial charge on any atom is 0.239 e. The van der Waals surface area contributed by atoms with Gasteiger partial charge in [0, 0.05) is 37.3 Å². The van der Waals surface area contributed by atoms with E-state index in [1.165, 1.54) is 36.4 Å². The van der Waals surface area contributed by atoms with Crippen molar-refractivity contribution in [3.63, 3.8) is 0 Å². The highest BCUT2D eigenvalue weighted by Crippen LogP contribution is 2.29. The van der Waals surface area contributed by atoms with Crippen LogP contribution in [-0.2, 0) is 11.3 Å². The molecule has 3 heterocycles. The molecule has 2 aromatic heterocycles. The maximum atomic E-state index is 14.9. The van der Waals surface area contributed by atoms with Crippen LogP contribution < -0.4 is 11.1 Å². The van der Waals surface area contributed by atoms with Crippen LogP contribution in [0, 0.1) is 23.0 Å². The van der Waals surface area contributed by atoms with E-state index in [1.807, 2.05) is 0 Å². The fourth-order valence-electron chi connectivity index (χ4n) is 4.41. The molecule has 5 rings (SSSR count). The molecule has 10 nitrogen and oxygen atoms in total. The summed E-state index contributed by atoms with van der Waals surface area (Å²) < 4.78 is 30.8. The number of aliphatic hydroxyl groups is 1. The van der Waals surface area contributed by atoms with Gasteiger partial charge in [0.1, 0.15) is 23.8 Å². The first-order chi connectivity index (χ1) is 17.8. The third-order valence-corrected chi connectivity index (χ3v) is 6.39. The number of carbonyl (C=O) groups excluding carboxylic acids is 1. The summed E-state index contributed by atoms with van der Waals surface area (Å²) in [6.07, 6.45) is -0.926. The van der Waals surface area contributed by atoms with E-state index >= 15 is 0 Å². The molecule has 1 saturated heterocycles. The number of nitrogen functional groups attached to an aromatic ring is 1. The molecular weight excluding hydrogens is 482 g/mol. The summed E-state index contributed by atoms with van der Waals surface area (Å²) in [6, 6.07) is 11.5. The van der Waals surface area contributed by atoms with E-state index in [-0.39, 0.29) is 52.3 Å². The molecule has 0 radical (unpaired) electrons. The number of nitrogens with zero attached hydrogens (tertiary/aromatic N) is 6. The van der Waals surface area contributed by atoms with Crippen LogP contribution >= 0.6 is 0 Å². The van der Waals surface area contributed by atoms with Crippen LogP contribution in [0.2, 0.25) is 0 Å². The van der Waals surface area contributed by atoms with Gasteiger partial charge in [-0.3, -0.25) is 4.79 Å².